The lowest BCUT2D eigenvalue weighted by molar-refractivity contribution is 0.436. The van der Waals surface area contributed by atoms with Gasteiger partial charge in [0.2, 0.25) is 0 Å². The third kappa shape index (κ3) is 4.05. The molecule has 0 atom stereocenters. The topological polar surface area (TPSA) is 22.4 Å². The molecular weight excluding hydrogens is 621 g/mol. The second-order valence-corrected chi connectivity index (χ2v) is 13.6. The molecule has 0 amide bonds. The lowest BCUT2D eigenvalue weighted by atomic mass is 9.66. The Morgan fingerprint density at radius 2 is 0.784 bits per heavy atom. The van der Waals surface area contributed by atoms with E-state index in [4.69, 9.17) is 9.15 Å². The van der Waals surface area contributed by atoms with E-state index < -0.39 is 5.41 Å². The van der Waals surface area contributed by atoms with Crippen LogP contribution in [0.4, 0.5) is 0 Å². The highest BCUT2D eigenvalue weighted by Gasteiger charge is 2.50. The second kappa shape index (κ2) is 10.7. The molecule has 51 heavy (non-hydrogen) atoms. The van der Waals surface area contributed by atoms with E-state index in [1.807, 2.05) is 12.1 Å². The van der Waals surface area contributed by atoms with Crippen molar-refractivity contribution < 1.29 is 9.15 Å². The van der Waals surface area contributed by atoms with Crippen molar-refractivity contribution in [3.05, 3.63) is 204 Å². The van der Waals surface area contributed by atoms with Gasteiger partial charge in [-0.15, -0.1) is 0 Å². The van der Waals surface area contributed by atoms with Crippen LogP contribution in [0.5, 0.6) is 11.5 Å². The van der Waals surface area contributed by atoms with Crippen molar-refractivity contribution in [1.82, 2.24) is 0 Å². The number of para-hydroxylation sites is 2. The first-order valence-corrected chi connectivity index (χ1v) is 17.5. The van der Waals surface area contributed by atoms with Crippen molar-refractivity contribution in [3.8, 4) is 56.0 Å². The number of furan rings is 1. The molecule has 2 heteroatoms. The van der Waals surface area contributed by atoms with Crippen molar-refractivity contribution in [2.45, 2.75) is 5.41 Å². The van der Waals surface area contributed by atoms with E-state index in [-0.39, 0.29) is 0 Å². The molecule has 0 saturated heterocycles. The lowest BCUT2D eigenvalue weighted by Crippen LogP contribution is -2.32. The highest BCUT2D eigenvalue weighted by atomic mass is 16.5. The van der Waals surface area contributed by atoms with Gasteiger partial charge in [0, 0.05) is 21.9 Å². The molecule has 0 radical (unpaired) electrons. The van der Waals surface area contributed by atoms with E-state index in [0.29, 0.717) is 0 Å². The Bertz CT molecular complexity index is 2770. The smallest absolute Gasteiger partial charge is 0.136 e. The Morgan fingerprint density at radius 1 is 0.314 bits per heavy atom. The fraction of sp³-hybridized carbons (Fsp3) is 0.0204. The van der Waals surface area contributed by atoms with E-state index in [9.17, 15) is 0 Å². The van der Waals surface area contributed by atoms with Crippen LogP contribution in [0.3, 0.4) is 0 Å². The summed E-state index contributed by atoms with van der Waals surface area (Å²) in [7, 11) is 0. The average Bonchev–Trinajstić information content (AvgIpc) is 3.72. The largest absolute Gasteiger partial charge is 0.457 e. The van der Waals surface area contributed by atoms with Gasteiger partial charge in [0.1, 0.15) is 22.7 Å². The zero-order valence-corrected chi connectivity index (χ0v) is 27.6. The van der Waals surface area contributed by atoms with Crippen LogP contribution in [0, 0.1) is 0 Å². The van der Waals surface area contributed by atoms with Crippen LogP contribution >= 0.6 is 0 Å². The lowest BCUT2D eigenvalue weighted by Gasteiger charge is -2.39. The summed E-state index contributed by atoms with van der Waals surface area (Å²) in [5.74, 6) is 1.81. The summed E-state index contributed by atoms with van der Waals surface area (Å²) >= 11 is 0. The van der Waals surface area contributed by atoms with Crippen molar-refractivity contribution in [2.24, 2.45) is 0 Å². The molecule has 2 aliphatic rings. The summed E-state index contributed by atoms with van der Waals surface area (Å²) in [6.07, 6.45) is 0. The van der Waals surface area contributed by atoms with Crippen molar-refractivity contribution in [3.63, 3.8) is 0 Å². The first-order chi connectivity index (χ1) is 25.3. The summed E-state index contributed by atoms with van der Waals surface area (Å²) in [6.45, 7) is 0. The number of benzene rings is 8. The van der Waals surface area contributed by atoms with Crippen LogP contribution in [0.1, 0.15) is 22.3 Å². The minimum atomic E-state index is -0.441. The number of rotatable bonds is 3. The molecule has 238 valence electrons. The third-order valence-electron chi connectivity index (χ3n) is 11.0. The van der Waals surface area contributed by atoms with Gasteiger partial charge in [0.05, 0.1) is 5.41 Å². The Hall–Kier alpha value is -6.64. The van der Waals surface area contributed by atoms with Crippen LogP contribution in [0.2, 0.25) is 0 Å². The number of ether oxygens (including phenoxy) is 1. The maximum Gasteiger partial charge on any atom is 0.136 e. The summed E-state index contributed by atoms with van der Waals surface area (Å²) in [5, 5.41) is 2.30. The Morgan fingerprint density at radius 3 is 1.47 bits per heavy atom. The van der Waals surface area contributed by atoms with Gasteiger partial charge in [0.25, 0.3) is 0 Å². The second-order valence-electron chi connectivity index (χ2n) is 13.6. The normalized spacial score (nSPS) is 13.4. The highest BCUT2D eigenvalue weighted by Crippen LogP contribution is 2.62. The van der Waals surface area contributed by atoms with Crippen molar-refractivity contribution >= 4 is 21.9 Å². The Kier molecular flexibility index (Phi) is 5.91. The number of hydrogen-bond acceptors (Lipinski definition) is 2. The van der Waals surface area contributed by atoms with Gasteiger partial charge in [-0.05, 0) is 86.0 Å². The van der Waals surface area contributed by atoms with Crippen LogP contribution in [-0.2, 0) is 5.41 Å². The molecule has 9 aromatic rings. The quantitative estimate of drug-likeness (QED) is 0.190. The van der Waals surface area contributed by atoms with Gasteiger partial charge in [-0.25, -0.2) is 0 Å². The minimum absolute atomic E-state index is 0.441. The van der Waals surface area contributed by atoms with Gasteiger partial charge < -0.3 is 9.15 Å². The molecule has 1 aliphatic carbocycles. The summed E-state index contributed by atoms with van der Waals surface area (Å²) in [6, 6.07) is 65.4. The first kappa shape index (κ1) is 28.2. The zero-order valence-electron chi connectivity index (χ0n) is 27.6. The third-order valence-corrected chi connectivity index (χ3v) is 11.0. The highest BCUT2D eigenvalue weighted by molar-refractivity contribution is 6.05. The molecule has 0 fully saturated rings. The number of fused-ring (bicyclic) bond motifs is 12. The molecule has 0 N–H and O–H groups in total. The van der Waals surface area contributed by atoms with E-state index in [1.54, 1.807) is 0 Å². The fourth-order valence-electron chi connectivity index (χ4n) is 8.66. The monoisotopic (exact) mass is 650 g/mol. The molecule has 0 saturated carbocycles. The predicted octanol–water partition coefficient (Wildman–Crippen LogP) is 13.1. The maximum absolute atomic E-state index is 6.73. The van der Waals surface area contributed by atoms with Crippen LogP contribution in [-0.4, -0.2) is 0 Å². The van der Waals surface area contributed by atoms with Crippen molar-refractivity contribution in [1.29, 1.82) is 0 Å². The van der Waals surface area contributed by atoms with E-state index >= 15 is 0 Å². The van der Waals surface area contributed by atoms with Gasteiger partial charge in [-0.2, -0.15) is 0 Å². The molecule has 1 aromatic heterocycles. The van der Waals surface area contributed by atoms with Crippen molar-refractivity contribution in [2.75, 3.05) is 0 Å². The fourth-order valence-corrected chi connectivity index (χ4v) is 8.66. The van der Waals surface area contributed by atoms with Crippen LogP contribution in [0.15, 0.2) is 186 Å². The summed E-state index contributed by atoms with van der Waals surface area (Å²) < 4.78 is 12.9. The van der Waals surface area contributed by atoms with E-state index in [0.717, 1.165) is 50.1 Å². The van der Waals surface area contributed by atoms with Gasteiger partial charge in [0.15, 0.2) is 0 Å². The van der Waals surface area contributed by atoms with Gasteiger partial charge in [-0.3, -0.25) is 0 Å². The number of hydrogen-bond donors (Lipinski definition) is 0. The minimum Gasteiger partial charge on any atom is -0.457 e. The van der Waals surface area contributed by atoms with Gasteiger partial charge in [-0.1, -0.05) is 152 Å². The molecule has 11 rings (SSSR count). The SMILES string of the molecule is c1ccc2c(c1)Oc1cc(-c3ccc(-c4ccc(-c5ccc6c(c5)oc5ccccc56)cc4)cc3)ccc1C21c2ccccc2-c2ccccc21. The first-order valence-electron chi connectivity index (χ1n) is 17.5. The maximum atomic E-state index is 6.73. The average molecular weight is 651 g/mol. The molecule has 8 aromatic carbocycles. The molecule has 1 spiro atoms. The van der Waals surface area contributed by atoms with Crippen LogP contribution in [0.25, 0.3) is 66.4 Å². The summed E-state index contributed by atoms with van der Waals surface area (Å²) in [5.41, 5.74) is 15.9. The molecule has 0 unspecified atom stereocenters. The van der Waals surface area contributed by atoms with Crippen LogP contribution < -0.4 is 4.74 Å². The molecule has 2 nitrogen and oxygen atoms in total. The standard InChI is InChI=1S/C49H30O2/c1-4-12-41-37(9-1)38-10-2-5-13-42(38)49(41)43-14-6-8-16-46(43)51-48-30-36(26-28-44(48)49)34-23-19-32(20-24-34)31-17-21-33(22-18-31)35-25-27-40-39-11-3-7-15-45(39)50-47(40)29-35/h1-30H. The summed E-state index contributed by atoms with van der Waals surface area (Å²) in [4.78, 5) is 0. The molecule has 0 bridgehead atoms. The van der Waals surface area contributed by atoms with Gasteiger partial charge >= 0.3 is 0 Å². The molecular formula is C49H30O2. The molecule has 2 heterocycles. The van der Waals surface area contributed by atoms with E-state index in [2.05, 4.69) is 170 Å². The Balaban J connectivity index is 0.937. The molecule has 1 aliphatic heterocycles. The van der Waals surface area contributed by atoms with E-state index in [1.165, 1.54) is 50.1 Å². The Labute approximate surface area is 295 Å². The predicted molar refractivity (Wildman–Crippen MR) is 207 cm³/mol. The zero-order chi connectivity index (χ0) is 33.5.